The molecule has 1 heterocycles. The van der Waals surface area contributed by atoms with E-state index < -0.39 is 36.3 Å². The van der Waals surface area contributed by atoms with Crippen LogP contribution >= 0.6 is 0 Å². The summed E-state index contributed by atoms with van der Waals surface area (Å²) >= 11 is 0. The second-order valence-electron chi connectivity index (χ2n) is 7.72. The lowest BCUT2D eigenvalue weighted by Gasteiger charge is -2.08. The zero-order valence-electron chi connectivity index (χ0n) is 21.4. The van der Waals surface area contributed by atoms with Crippen molar-refractivity contribution in [2.24, 2.45) is 5.73 Å². The molecule has 2 rings (SSSR count). The predicted octanol–water partition coefficient (Wildman–Crippen LogP) is 1.41. The van der Waals surface area contributed by atoms with Crippen molar-refractivity contribution in [3.8, 4) is 5.75 Å². The van der Waals surface area contributed by atoms with Gasteiger partial charge in [-0.25, -0.2) is 14.4 Å². The largest absolute Gasteiger partial charge is 0.490 e. The molecule has 1 aromatic heterocycles. The molecule has 0 bridgehead atoms. The van der Waals surface area contributed by atoms with Crippen molar-refractivity contribution in [2.75, 3.05) is 59.3 Å². The van der Waals surface area contributed by atoms with E-state index in [0.717, 1.165) is 6.42 Å². The lowest BCUT2D eigenvalue weighted by atomic mass is 10.1. The highest BCUT2D eigenvalue weighted by Crippen LogP contribution is 2.20. The molecule has 40 heavy (non-hydrogen) atoms. The maximum Gasteiger partial charge on any atom is 0.490 e. The molecular weight excluding hydrogens is 549 g/mol. The van der Waals surface area contributed by atoms with Gasteiger partial charge in [0.1, 0.15) is 16.9 Å². The zero-order valence-corrected chi connectivity index (χ0v) is 21.4. The van der Waals surface area contributed by atoms with Gasteiger partial charge in [0, 0.05) is 31.2 Å². The van der Waals surface area contributed by atoms with E-state index in [9.17, 15) is 27.6 Å². The van der Waals surface area contributed by atoms with Gasteiger partial charge >= 0.3 is 23.7 Å². The van der Waals surface area contributed by atoms with Crippen molar-refractivity contribution < 1.29 is 61.1 Å². The van der Waals surface area contributed by atoms with Crippen LogP contribution in [0.1, 0.15) is 23.2 Å². The van der Waals surface area contributed by atoms with Gasteiger partial charge in [-0.05, 0) is 37.6 Å². The van der Waals surface area contributed by atoms with Gasteiger partial charge in [-0.2, -0.15) is 13.2 Å². The Labute approximate surface area is 225 Å². The first-order valence-electron chi connectivity index (χ1n) is 11.9. The maximum absolute atomic E-state index is 12.3. The minimum Gasteiger partial charge on any atom is -0.482 e. The molecule has 2 aromatic rings. The lowest BCUT2D eigenvalue weighted by molar-refractivity contribution is -0.192. The van der Waals surface area contributed by atoms with E-state index in [0.29, 0.717) is 64.5 Å². The summed E-state index contributed by atoms with van der Waals surface area (Å²) in [5, 5.41) is 19.0. The first-order chi connectivity index (χ1) is 19.0. The number of carbonyl (C=O) groups is 3. The van der Waals surface area contributed by atoms with Gasteiger partial charge in [0.2, 0.25) is 0 Å². The summed E-state index contributed by atoms with van der Waals surface area (Å²) in [6, 6.07) is 5.93. The number of benzene rings is 1. The number of carboxylic acid groups (broad SMARTS) is 2. The highest BCUT2D eigenvalue weighted by Gasteiger charge is 2.38. The quantitative estimate of drug-likeness (QED) is 0.155. The highest BCUT2D eigenvalue weighted by molar-refractivity contribution is 5.96. The number of nitrogens with one attached hydrogen (secondary N) is 1. The van der Waals surface area contributed by atoms with E-state index in [1.165, 1.54) is 18.2 Å². The van der Waals surface area contributed by atoms with E-state index >= 15 is 0 Å². The van der Waals surface area contributed by atoms with Crippen LogP contribution in [0.4, 0.5) is 13.2 Å². The standard InChI is InChI=1S/C22H30N2O9.C2HF3O2/c23-5-1-7-29-9-11-31-12-10-30-8-2-6-24-21(27)18-13-16-3-4-17(32-15-20(25)26)14-19(16)33-22(18)28;3-2(4,5)1(6)7/h3-4,13-14H,1-2,5-12,15,23H2,(H,24,27)(H,25,26);(H,6,7). The third-order valence-corrected chi connectivity index (χ3v) is 4.54. The van der Waals surface area contributed by atoms with Crippen LogP contribution < -0.4 is 21.4 Å². The Bertz CT molecular complexity index is 1140. The molecule has 0 fully saturated rings. The molecule has 0 unspecified atom stereocenters. The summed E-state index contributed by atoms with van der Waals surface area (Å²) in [7, 11) is 0. The number of amides is 1. The van der Waals surface area contributed by atoms with Gasteiger partial charge in [-0.1, -0.05) is 0 Å². The van der Waals surface area contributed by atoms with E-state index in [1.54, 1.807) is 6.07 Å². The van der Waals surface area contributed by atoms with Crippen LogP contribution in [-0.4, -0.2) is 93.6 Å². The molecule has 1 amide bonds. The van der Waals surface area contributed by atoms with Gasteiger partial charge in [-0.15, -0.1) is 0 Å². The summed E-state index contributed by atoms with van der Waals surface area (Å²) in [5.41, 5.74) is 4.64. The summed E-state index contributed by atoms with van der Waals surface area (Å²) in [5.74, 6) is -4.18. The molecule has 0 saturated carbocycles. The summed E-state index contributed by atoms with van der Waals surface area (Å²) < 4.78 is 58.1. The smallest absolute Gasteiger partial charge is 0.482 e. The summed E-state index contributed by atoms with van der Waals surface area (Å²) in [4.78, 5) is 44.0. The Balaban J connectivity index is 0.00000101. The Morgan fingerprint density at radius 3 is 2.05 bits per heavy atom. The molecule has 0 atom stereocenters. The Hall–Kier alpha value is -3.73. The number of carbonyl (C=O) groups excluding carboxylic acids is 1. The average molecular weight is 581 g/mol. The van der Waals surface area contributed by atoms with Crippen LogP contribution in [-0.2, 0) is 23.8 Å². The van der Waals surface area contributed by atoms with Crippen LogP contribution in [0.2, 0.25) is 0 Å². The topological polar surface area (TPSA) is 197 Å². The molecule has 1 aromatic carbocycles. The highest BCUT2D eigenvalue weighted by atomic mass is 19.4. The monoisotopic (exact) mass is 580 g/mol. The van der Waals surface area contributed by atoms with E-state index in [-0.39, 0.29) is 16.9 Å². The van der Waals surface area contributed by atoms with Crippen LogP contribution in [0.5, 0.6) is 5.75 Å². The molecule has 13 nitrogen and oxygen atoms in total. The van der Waals surface area contributed by atoms with Gasteiger partial charge in [0.15, 0.2) is 6.61 Å². The van der Waals surface area contributed by atoms with Crippen molar-refractivity contribution in [3.63, 3.8) is 0 Å². The predicted molar refractivity (Wildman–Crippen MR) is 132 cm³/mol. The van der Waals surface area contributed by atoms with Crippen molar-refractivity contribution >= 4 is 28.8 Å². The normalized spacial score (nSPS) is 11.0. The second kappa shape index (κ2) is 18.5. The van der Waals surface area contributed by atoms with Gasteiger partial charge in [0.05, 0.1) is 26.4 Å². The molecular formula is C24H31F3N2O11. The van der Waals surface area contributed by atoms with Crippen molar-refractivity contribution in [2.45, 2.75) is 19.0 Å². The number of rotatable bonds is 17. The summed E-state index contributed by atoms with van der Waals surface area (Å²) in [6.45, 7) is 3.39. The first-order valence-corrected chi connectivity index (χ1v) is 11.9. The molecule has 224 valence electrons. The van der Waals surface area contributed by atoms with Crippen LogP contribution in [0, 0.1) is 0 Å². The van der Waals surface area contributed by atoms with E-state index in [4.69, 9.17) is 44.1 Å². The Morgan fingerprint density at radius 2 is 1.50 bits per heavy atom. The third-order valence-electron chi connectivity index (χ3n) is 4.54. The number of fused-ring (bicyclic) bond motifs is 1. The maximum atomic E-state index is 12.3. The third kappa shape index (κ3) is 14.4. The van der Waals surface area contributed by atoms with Crippen molar-refractivity contribution in [1.82, 2.24) is 5.32 Å². The number of hydrogen-bond acceptors (Lipinski definition) is 10. The SMILES string of the molecule is NCCCOCCOCCOCCCNC(=O)c1cc2ccc(OCC(=O)O)cc2oc1=O.O=C(O)C(F)(F)F. The molecule has 0 radical (unpaired) electrons. The number of ether oxygens (including phenoxy) is 4. The minimum absolute atomic E-state index is 0.121. The number of carboxylic acids is 2. The number of nitrogens with two attached hydrogens (primary N) is 1. The van der Waals surface area contributed by atoms with E-state index in [2.05, 4.69) is 5.32 Å². The molecule has 5 N–H and O–H groups in total. The number of aliphatic carboxylic acids is 2. The van der Waals surface area contributed by atoms with Gasteiger partial charge in [-0.3, -0.25) is 4.79 Å². The van der Waals surface area contributed by atoms with Crippen molar-refractivity contribution in [3.05, 3.63) is 40.2 Å². The van der Waals surface area contributed by atoms with Crippen LogP contribution in [0.3, 0.4) is 0 Å². The molecule has 0 aliphatic carbocycles. The molecule has 0 aliphatic rings. The second-order valence-corrected chi connectivity index (χ2v) is 7.72. The average Bonchev–Trinajstić information content (AvgIpc) is 2.89. The fourth-order valence-corrected chi connectivity index (χ4v) is 2.68. The Kier molecular flexibility index (Phi) is 15.9. The van der Waals surface area contributed by atoms with E-state index in [1.807, 2.05) is 0 Å². The van der Waals surface area contributed by atoms with Crippen LogP contribution in [0.25, 0.3) is 11.0 Å². The zero-order chi connectivity index (χ0) is 30.0. The minimum atomic E-state index is -5.08. The molecule has 16 heteroatoms. The number of halogens is 3. The number of hydrogen-bond donors (Lipinski definition) is 4. The summed E-state index contributed by atoms with van der Waals surface area (Å²) in [6.07, 6.45) is -3.69. The van der Waals surface area contributed by atoms with Gasteiger partial charge in [0.25, 0.3) is 5.91 Å². The van der Waals surface area contributed by atoms with Crippen molar-refractivity contribution in [1.29, 1.82) is 0 Å². The van der Waals surface area contributed by atoms with Crippen LogP contribution in [0.15, 0.2) is 33.5 Å². The van der Waals surface area contributed by atoms with Gasteiger partial charge < -0.3 is 44.6 Å². The Morgan fingerprint density at radius 1 is 0.925 bits per heavy atom. The molecule has 0 saturated heterocycles. The molecule has 0 aliphatic heterocycles. The number of alkyl halides is 3. The molecule has 0 spiro atoms. The first kappa shape index (κ1) is 34.3. The lowest BCUT2D eigenvalue weighted by Crippen LogP contribution is -2.29. The fourth-order valence-electron chi connectivity index (χ4n) is 2.68. The fraction of sp³-hybridized carbons (Fsp3) is 0.500.